The maximum Gasteiger partial charge on any atom is 0.280 e. The minimum atomic E-state index is -0.371. The van der Waals surface area contributed by atoms with Crippen molar-refractivity contribution >= 4 is 23.5 Å². The number of aromatic nitrogens is 4. The fraction of sp³-hybridized carbons (Fsp3) is 0.600. The molecule has 1 aliphatic carbocycles. The summed E-state index contributed by atoms with van der Waals surface area (Å²) in [5.41, 5.74) is 0.279. The number of nitrogens with one attached hydrogen (secondary N) is 1. The van der Waals surface area contributed by atoms with Crippen molar-refractivity contribution in [3.63, 3.8) is 0 Å². The van der Waals surface area contributed by atoms with Gasteiger partial charge in [0.2, 0.25) is 5.95 Å². The Morgan fingerprint density at radius 1 is 1.57 bits per heavy atom. The summed E-state index contributed by atoms with van der Waals surface area (Å²) < 4.78 is 23.9. The van der Waals surface area contributed by atoms with Crippen LogP contribution in [0.25, 0.3) is 11.2 Å². The van der Waals surface area contributed by atoms with Gasteiger partial charge in [-0.05, 0) is 25.1 Å². The summed E-state index contributed by atoms with van der Waals surface area (Å²) in [5, 5.41) is 0. The Morgan fingerprint density at radius 3 is 3.22 bits per heavy atom. The molecule has 3 heterocycles. The normalized spacial score (nSPS) is 34.8. The van der Waals surface area contributed by atoms with E-state index in [2.05, 4.69) is 19.9 Å². The standard InChI is InChI=1S/C15H20N6O2/c1-20(2)7-17-15-18-13-12(14(22)19-15)16-8-21(13)11-6-9-4-3-5-10(9)23-11/h7-11H,3-6H2,1-2H3,(H,18,19,22)/b17-7-/t9-,10-,11+/m1/s1/i4T,5T/t4-,5-,9-,10-,11+. The van der Waals surface area contributed by atoms with E-state index in [1.807, 2.05) is 14.1 Å². The lowest BCUT2D eigenvalue weighted by molar-refractivity contribution is 0.00171. The molecule has 2 aliphatic rings. The van der Waals surface area contributed by atoms with Gasteiger partial charge in [-0.3, -0.25) is 14.3 Å². The van der Waals surface area contributed by atoms with Crippen LogP contribution >= 0.6 is 0 Å². The van der Waals surface area contributed by atoms with Crippen LogP contribution in [0.2, 0.25) is 0 Å². The van der Waals surface area contributed by atoms with Gasteiger partial charge in [-0.15, -0.1) is 0 Å². The number of aliphatic imine (C=N–C) groups is 1. The lowest BCUT2D eigenvalue weighted by atomic mass is 10.0. The molecule has 0 unspecified atom stereocenters. The number of hydrogen-bond donors (Lipinski definition) is 1. The molecule has 2 aromatic rings. The number of imidazole rings is 1. The number of aromatic amines is 1. The fourth-order valence-electron chi connectivity index (χ4n) is 3.09. The quantitative estimate of drug-likeness (QED) is 0.682. The molecule has 0 amide bonds. The van der Waals surface area contributed by atoms with Crippen LogP contribution in [-0.4, -0.2) is 51.0 Å². The Kier molecular flexibility index (Phi) is 2.90. The van der Waals surface area contributed by atoms with Crippen molar-refractivity contribution in [2.24, 2.45) is 10.9 Å². The van der Waals surface area contributed by atoms with Crippen LogP contribution in [0.1, 0.15) is 34.6 Å². The Hall–Kier alpha value is -2.22. The van der Waals surface area contributed by atoms with Crippen molar-refractivity contribution in [3.8, 4) is 0 Å². The van der Waals surface area contributed by atoms with Gasteiger partial charge in [-0.2, -0.15) is 4.98 Å². The average Bonchev–Trinajstić information content (AvgIpc) is 3.21. The first-order chi connectivity index (χ1) is 11.9. The smallest absolute Gasteiger partial charge is 0.280 e. The molecule has 1 aliphatic heterocycles. The molecule has 8 nitrogen and oxygen atoms in total. The summed E-state index contributed by atoms with van der Waals surface area (Å²) in [6.45, 7) is 0. The molecule has 2 aromatic heterocycles. The molecule has 122 valence electrons. The van der Waals surface area contributed by atoms with Crippen molar-refractivity contribution in [1.29, 1.82) is 0 Å². The number of H-pyrrole nitrogens is 1. The van der Waals surface area contributed by atoms with Crippen LogP contribution in [-0.2, 0) is 4.74 Å². The summed E-state index contributed by atoms with van der Waals surface area (Å²) in [6.07, 6.45) is 3.03. The fourth-order valence-corrected chi connectivity index (χ4v) is 3.09. The molecule has 23 heavy (non-hydrogen) atoms. The van der Waals surface area contributed by atoms with Crippen molar-refractivity contribution in [1.82, 2.24) is 24.4 Å². The minimum absolute atomic E-state index is 0.0400. The molecule has 1 N–H and O–H groups in total. The SMILES string of the molecule is [3H][C@@H]1C[C@@H]([3H])[C@H]2O[C@H](n3cnc4c(=O)[nH]c(/N=C\N(C)C)nc43)C[C@H]21. The van der Waals surface area contributed by atoms with E-state index in [0.717, 1.165) is 0 Å². The highest BCUT2D eigenvalue weighted by Crippen LogP contribution is 2.43. The second kappa shape index (κ2) is 5.45. The molecule has 1 saturated heterocycles. The molecule has 0 spiro atoms. The van der Waals surface area contributed by atoms with Crippen molar-refractivity contribution < 1.29 is 7.48 Å². The van der Waals surface area contributed by atoms with Gasteiger partial charge in [0.15, 0.2) is 11.2 Å². The van der Waals surface area contributed by atoms with E-state index in [9.17, 15) is 4.79 Å². The van der Waals surface area contributed by atoms with Crippen molar-refractivity contribution in [3.05, 3.63) is 16.7 Å². The van der Waals surface area contributed by atoms with Crippen molar-refractivity contribution in [2.45, 2.75) is 38.0 Å². The van der Waals surface area contributed by atoms with Crippen LogP contribution < -0.4 is 5.56 Å². The Balaban J connectivity index is 1.70. The van der Waals surface area contributed by atoms with Crippen LogP contribution in [0.15, 0.2) is 16.1 Å². The minimum Gasteiger partial charge on any atom is -0.369 e. The lowest BCUT2D eigenvalue weighted by Crippen LogP contribution is -2.13. The highest BCUT2D eigenvalue weighted by Gasteiger charge is 2.39. The average molecular weight is 320 g/mol. The predicted molar refractivity (Wildman–Crippen MR) is 85.9 cm³/mol. The molecular formula is C15H20N6O2. The van der Waals surface area contributed by atoms with Crippen LogP contribution in [0.4, 0.5) is 5.95 Å². The van der Waals surface area contributed by atoms with E-state index in [-0.39, 0.29) is 48.1 Å². The third-order valence-electron chi connectivity index (χ3n) is 4.16. The van der Waals surface area contributed by atoms with Gasteiger partial charge in [-0.25, -0.2) is 9.98 Å². The van der Waals surface area contributed by atoms with E-state index >= 15 is 0 Å². The van der Waals surface area contributed by atoms with Crippen LogP contribution in [0, 0.1) is 5.92 Å². The Morgan fingerprint density at radius 2 is 2.43 bits per heavy atom. The third-order valence-corrected chi connectivity index (χ3v) is 4.16. The highest BCUT2D eigenvalue weighted by atomic mass is 16.5. The number of ether oxygens (including phenoxy) is 1. The van der Waals surface area contributed by atoms with Gasteiger partial charge >= 0.3 is 0 Å². The summed E-state index contributed by atoms with van der Waals surface area (Å²) >= 11 is 0. The Labute approximate surface area is 136 Å². The maximum absolute atomic E-state index is 12.2. The van der Waals surface area contributed by atoms with Gasteiger partial charge < -0.3 is 9.64 Å². The van der Waals surface area contributed by atoms with E-state index in [1.54, 1.807) is 15.8 Å². The third kappa shape index (κ3) is 2.52. The first-order valence-corrected chi connectivity index (χ1v) is 7.61. The van der Waals surface area contributed by atoms with E-state index in [1.165, 1.54) is 6.33 Å². The van der Waals surface area contributed by atoms with Gasteiger partial charge in [0, 0.05) is 16.8 Å². The zero-order chi connectivity index (χ0) is 17.7. The van der Waals surface area contributed by atoms with Gasteiger partial charge in [0.1, 0.15) is 6.23 Å². The van der Waals surface area contributed by atoms with E-state index in [4.69, 9.17) is 7.48 Å². The molecule has 5 atom stereocenters. The second-order valence-corrected chi connectivity index (χ2v) is 6.08. The topological polar surface area (TPSA) is 88.4 Å². The van der Waals surface area contributed by atoms with Crippen LogP contribution in [0.3, 0.4) is 0 Å². The molecule has 4 rings (SSSR count). The number of fused-ring (bicyclic) bond motifs is 2. The lowest BCUT2D eigenvalue weighted by Gasteiger charge is -2.14. The van der Waals surface area contributed by atoms with Gasteiger partial charge in [0.25, 0.3) is 5.56 Å². The molecule has 2 fully saturated rings. The number of rotatable bonds is 3. The second-order valence-electron chi connectivity index (χ2n) is 6.08. The van der Waals surface area contributed by atoms with Crippen molar-refractivity contribution in [2.75, 3.05) is 14.1 Å². The zero-order valence-corrected chi connectivity index (χ0v) is 13.0. The largest absolute Gasteiger partial charge is 0.369 e. The Bertz CT molecular complexity index is 863. The summed E-state index contributed by atoms with van der Waals surface area (Å²) in [4.78, 5) is 29.2. The molecule has 0 radical (unpaired) electrons. The predicted octanol–water partition coefficient (Wildman–Crippen LogP) is 1.43. The summed E-state index contributed by atoms with van der Waals surface area (Å²) in [7, 11) is 3.65. The van der Waals surface area contributed by atoms with E-state index in [0.29, 0.717) is 18.5 Å². The van der Waals surface area contributed by atoms with Gasteiger partial charge in [-0.1, -0.05) is 6.42 Å². The van der Waals surface area contributed by atoms with Gasteiger partial charge in [0.05, 0.1) is 18.8 Å². The van der Waals surface area contributed by atoms with E-state index < -0.39 is 0 Å². The number of hydrogen-bond acceptors (Lipinski definition) is 5. The monoisotopic (exact) mass is 320 g/mol. The molecule has 0 aromatic carbocycles. The summed E-state index contributed by atoms with van der Waals surface area (Å²) in [6, 6.07) is 0. The molecule has 0 bridgehead atoms. The first-order valence-electron chi connectivity index (χ1n) is 8.77. The highest BCUT2D eigenvalue weighted by molar-refractivity contribution is 5.71. The number of nitrogens with zero attached hydrogens (tertiary/aromatic N) is 5. The first kappa shape index (κ1) is 12.2. The molecule has 8 heteroatoms. The maximum atomic E-state index is 12.2. The van der Waals surface area contributed by atoms with Crippen LogP contribution in [0.5, 0.6) is 0 Å². The molecular weight excluding hydrogens is 296 g/mol. The zero-order valence-electron chi connectivity index (χ0n) is 15.0. The summed E-state index contributed by atoms with van der Waals surface area (Å²) in [5.74, 6) is 0.237. The molecule has 1 saturated carbocycles.